The fourth-order valence-corrected chi connectivity index (χ4v) is 1.70. The van der Waals surface area contributed by atoms with E-state index in [1.807, 2.05) is 13.0 Å². The lowest BCUT2D eigenvalue weighted by atomic mass is 9.85. The van der Waals surface area contributed by atoms with Gasteiger partial charge in [-0.3, -0.25) is 4.79 Å². The van der Waals surface area contributed by atoms with Crippen LogP contribution in [0.15, 0.2) is 23.8 Å². The number of esters is 1. The molecule has 0 bridgehead atoms. The molecular weight excluding hydrogens is 206 g/mol. The Hall–Kier alpha value is -1.58. The van der Waals surface area contributed by atoms with Crippen LogP contribution in [0.25, 0.3) is 0 Å². The number of hydrogen-bond acceptors (Lipinski definition) is 3. The van der Waals surface area contributed by atoms with Crippen LogP contribution < -0.4 is 5.73 Å². The quantitative estimate of drug-likeness (QED) is 0.577. The van der Waals surface area contributed by atoms with Crippen molar-refractivity contribution in [3.8, 4) is 0 Å². The van der Waals surface area contributed by atoms with Gasteiger partial charge in [-0.15, -0.1) is 0 Å². The highest BCUT2D eigenvalue weighted by atomic mass is 16.5. The molecule has 0 unspecified atom stereocenters. The van der Waals surface area contributed by atoms with Gasteiger partial charge >= 0.3 is 5.97 Å². The van der Waals surface area contributed by atoms with Crippen molar-refractivity contribution < 1.29 is 14.3 Å². The van der Waals surface area contributed by atoms with E-state index in [0.717, 1.165) is 18.4 Å². The van der Waals surface area contributed by atoms with Gasteiger partial charge in [0.25, 0.3) is 5.91 Å². The van der Waals surface area contributed by atoms with Crippen molar-refractivity contribution in [3.05, 3.63) is 23.8 Å². The van der Waals surface area contributed by atoms with Crippen molar-refractivity contribution in [3.63, 3.8) is 0 Å². The van der Waals surface area contributed by atoms with Gasteiger partial charge < -0.3 is 10.5 Å². The van der Waals surface area contributed by atoms with Crippen LogP contribution in [0.5, 0.6) is 0 Å². The maximum absolute atomic E-state index is 11.5. The van der Waals surface area contributed by atoms with Crippen molar-refractivity contribution in [2.45, 2.75) is 26.2 Å². The first-order valence-corrected chi connectivity index (χ1v) is 5.30. The van der Waals surface area contributed by atoms with E-state index in [4.69, 9.17) is 10.5 Å². The number of primary amides is 1. The second-order valence-electron chi connectivity index (χ2n) is 4.09. The molecule has 0 aliphatic heterocycles. The van der Waals surface area contributed by atoms with E-state index in [1.54, 1.807) is 0 Å². The van der Waals surface area contributed by atoms with E-state index in [9.17, 15) is 9.59 Å². The Morgan fingerprint density at radius 3 is 2.75 bits per heavy atom. The zero-order valence-electron chi connectivity index (χ0n) is 9.49. The summed E-state index contributed by atoms with van der Waals surface area (Å²) in [7, 11) is 0. The monoisotopic (exact) mass is 223 g/mol. The van der Waals surface area contributed by atoms with E-state index in [0.29, 0.717) is 17.9 Å². The number of allylic oxidation sites excluding steroid dienone is 2. The molecule has 1 aliphatic rings. The number of rotatable bonds is 4. The van der Waals surface area contributed by atoms with Gasteiger partial charge in [0.05, 0.1) is 0 Å². The average molecular weight is 223 g/mol. The van der Waals surface area contributed by atoms with Crippen molar-refractivity contribution in [2.24, 2.45) is 11.7 Å². The Labute approximate surface area is 95.1 Å². The summed E-state index contributed by atoms with van der Waals surface area (Å²) >= 11 is 0. The Balaban J connectivity index is 2.47. The molecule has 0 saturated heterocycles. The topological polar surface area (TPSA) is 69.4 Å². The van der Waals surface area contributed by atoms with Gasteiger partial charge in [0.1, 0.15) is 0 Å². The molecular formula is C12H17NO3. The number of ether oxygens (including phenoxy) is 1. The van der Waals surface area contributed by atoms with E-state index in [-0.39, 0.29) is 6.61 Å². The molecule has 1 amide bonds. The van der Waals surface area contributed by atoms with Crippen LogP contribution in [0, 0.1) is 5.92 Å². The standard InChI is InChI=1S/C12H17NO3/c1-8(2)9-3-5-10(6-4-9)12(15)16-7-11(13)14/h5,9H,1,3-4,6-7H2,2H3,(H2,13,14)/t9-/m1/s1. The summed E-state index contributed by atoms with van der Waals surface area (Å²) in [6, 6.07) is 0. The highest BCUT2D eigenvalue weighted by Crippen LogP contribution is 2.28. The van der Waals surface area contributed by atoms with Crippen molar-refractivity contribution in [1.82, 2.24) is 0 Å². The third kappa shape index (κ3) is 3.53. The minimum atomic E-state index is -0.635. The van der Waals surface area contributed by atoms with Gasteiger partial charge in [0.15, 0.2) is 6.61 Å². The lowest BCUT2D eigenvalue weighted by Gasteiger charge is -2.21. The molecule has 1 atom stereocenters. The third-order valence-electron chi connectivity index (χ3n) is 2.72. The summed E-state index contributed by atoms with van der Waals surface area (Å²) in [6.07, 6.45) is 4.27. The van der Waals surface area contributed by atoms with E-state index < -0.39 is 11.9 Å². The van der Waals surface area contributed by atoms with Crippen molar-refractivity contribution in [1.29, 1.82) is 0 Å². The van der Waals surface area contributed by atoms with Crippen LogP contribution in [0.4, 0.5) is 0 Å². The summed E-state index contributed by atoms with van der Waals surface area (Å²) in [4.78, 5) is 21.9. The van der Waals surface area contributed by atoms with Gasteiger partial charge in [0, 0.05) is 5.57 Å². The molecule has 0 aromatic carbocycles. The van der Waals surface area contributed by atoms with E-state index in [1.165, 1.54) is 0 Å². The second-order valence-corrected chi connectivity index (χ2v) is 4.09. The maximum Gasteiger partial charge on any atom is 0.334 e. The summed E-state index contributed by atoms with van der Waals surface area (Å²) in [5, 5.41) is 0. The largest absolute Gasteiger partial charge is 0.452 e. The van der Waals surface area contributed by atoms with Gasteiger partial charge in [-0.1, -0.05) is 18.2 Å². The highest BCUT2D eigenvalue weighted by Gasteiger charge is 2.20. The Bertz CT molecular complexity index is 344. The molecule has 1 rings (SSSR count). The first kappa shape index (κ1) is 12.5. The van der Waals surface area contributed by atoms with Crippen LogP contribution >= 0.6 is 0 Å². The number of carbonyl (C=O) groups excluding carboxylic acids is 2. The summed E-state index contributed by atoms with van der Waals surface area (Å²) < 4.78 is 4.73. The van der Waals surface area contributed by atoms with Crippen molar-refractivity contribution >= 4 is 11.9 Å². The predicted octanol–water partition coefficient (Wildman–Crippen LogP) is 1.32. The fourth-order valence-electron chi connectivity index (χ4n) is 1.70. The summed E-state index contributed by atoms with van der Waals surface area (Å²) in [6.45, 7) is 5.55. The van der Waals surface area contributed by atoms with Gasteiger partial charge in [-0.25, -0.2) is 4.79 Å². The Morgan fingerprint density at radius 1 is 1.62 bits per heavy atom. The van der Waals surface area contributed by atoms with Crippen LogP contribution in [0.3, 0.4) is 0 Å². The highest BCUT2D eigenvalue weighted by molar-refractivity contribution is 5.90. The first-order chi connectivity index (χ1) is 7.50. The predicted molar refractivity (Wildman–Crippen MR) is 60.4 cm³/mol. The molecule has 1 aliphatic carbocycles. The number of amides is 1. The van der Waals surface area contributed by atoms with Gasteiger partial charge in [-0.2, -0.15) is 0 Å². The number of carbonyl (C=O) groups is 2. The normalized spacial score (nSPS) is 19.8. The van der Waals surface area contributed by atoms with Gasteiger partial charge in [0.2, 0.25) is 0 Å². The second kappa shape index (κ2) is 5.49. The molecule has 4 heteroatoms. The van der Waals surface area contributed by atoms with Gasteiger partial charge in [-0.05, 0) is 32.1 Å². The molecule has 0 aromatic rings. The zero-order valence-corrected chi connectivity index (χ0v) is 9.49. The van der Waals surface area contributed by atoms with Crippen LogP contribution in [-0.4, -0.2) is 18.5 Å². The molecule has 16 heavy (non-hydrogen) atoms. The Morgan fingerprint density at radius 2 is 2.31 bits per heavy atom. The SMILES string of the molecule is C=C(C)[C@@H]1CC=C(C(=O)OCC(N)=O)CC1. The minimum absolute atomic E-state index is 0.347. The molecule has 2 N–H and O–H groups in total. The van der Waals surface area contributed by atoms with Crippen LogP contribution in [0.2, 0.25) is 0 Å². The van der Waals surface area contributed by atoms with Crippen molar-refractivity contribution in [2.75, 3.05) is 6.61 Å². The average Bonchev–Trinajstić information content (AvgIpc) is 2.26. The molecule has 0 heterocycles. The molecule has 88 valence electrons. The number of hydrogen-bond donors (Lipinski definition) is 1. The molecule has 4 nitrogen and oxygen atoms in total. The third-order valence-corrected chi connectivity index (χ3v) is 2.72. The Kier molecular flexibility index (Phi) is 4.28. The molecule has 0 radical (unpaired) electrons. The molecule has 0 saturated carbocycles. The number of nitrogens with two attached hydrogens (primary N) is 1. The summed E-state index contributed by atoms with van der Waals surface area (Å²) in [5.74, 6) is -0.615. The van der Waals surface area contributed by atoms with E-state index >= 15 is 0 Å². The van der Waals surface area contributed by atoms with Crippen LogP contribution in [-0.2, 0) is 14.3 Å². The summed E-state index contributed by atoms with van der Waals surface area (Å²) in [5.41, 5.74) is 6.66. The zero-order chi connectivity index (χ0) is 12.1. The minimum Gasteiger partial charge on any atom is -0.452 e. The van der Waals surface area contributed by atoms with E-state index in [2.05, 4.69) is 6.58 Å². The maximum atomic E-state index is 11.5. The lowest BCUT2D eigenvalue weighted by Crippen LogP contribution is -2.22. The first-order valence-electron chi connectivity index (χ1n) is 5.30. The smallest absolute Gasteiger partial charge is 0.334 e. The molecule has 0 aromatic heterocycles. The van der Waals surface area contributed by atoms with Crippen LogP contribution in [0.1, 0.15) is 26.2 Å². The fraction of sp³-hybridized carbons (Fsp3) is 0.500. The lowest BCUT2D eigenvalue weighted by molar-refractivity contribution is -0.144. The molecule has 0 spiro atoms. The molecule has 0 fully saturated rings.